The molecule has 2 aromatic rings. The molecule has 0 spiro atoms. The maximum atomic E-state index is 13.0. The molecule has 0 aliphatic carbocycles. The van der Waals surface area contributed by atoms with E-state index >= 15 is 0 Å². The Morgan fingerprint density at radius 1 is 0.969 bits per heavy atom. The summed E-state index contributed by atoms with van der Waals surface area (Å²) in [4.78, 5) is 29.0. The Morgan fingerprint density at radius 3 is 2.34 bits per heavy atom. The topological polar surface area (TPSA) is 71.1 Å². The van der Waals surface area contributed by atoms with Crippen LogP contribution in [0.1, 0.15) is 30.6 Å². The van der Waals surface area contributed by atoms with Crippen LogP contribution in [0.25, 0.3) is 0 Å². The molecule has 0 atom stereocenters. The van der Waals surface area contributed by atoms with Gasteiger partial charge in [-0.2, -0.15) is 0 Å². The highest BCUT2D eigenvalue weighted by molar-refractivity contribution is 5.95. The van der Waals surface area contributed by atoms with Gasteiger partial charge in [-0.1, -0.05) is 6.92 Å². The standard InChI is InChI=1S/C24H30FN3O4/c1-3-15-32-21-10-5-18(16-22(21)31-4-2)24(30)28-13-11-27(12-14-28)17-23(29)26-20-8-6-19(25)7-9-20/h5-10,16H,3-4,11-15,17H2,1-2H3,(H,26,29). The first kappa shape index (κ1) is 23.5. The number of halogens is 1. The van der Waals surface area contributed by atoms with Crippen molar-refractivity contribution in [3.8, 4) is 11.5 Å². The van der Waals surface area contributed by atoms with Gasteiger partial charge in [0.25, 0.3) is 5.91 Å². The summed E-state index contributed by atoms with van der Waals surface area (Å²) in [5, 5.41) is 2.76. The van der Waals surface area contributed by atoms with Crippen molar-refractivity contribution in [3.05, 3.63) is 53.8 Å². The molecule has 0 radical (unpaired) electrons. The summed E-state index contributed by atoms with van der Waals surface area (Å²) in [6.45, 7) is 7.46. The third-order valence-corrected chi connectivity index (χ3v) is 5.11. The number of carbonyl (C=O) groups is 2. The lowest BCUT2D eigenvalue weighted by Crippen LogP contribution is -2.50. The van der Waals surface area contributed by atoms with Crippen LogP contribution >= 0.6 is 0 Å². The zero-order valence-corrected chi connectivity index (χ0v) is 18.6. The Kier molecular flexibility index (Phi) is 8.44. The van der Waals surface area contributed by atoms with E-state index in [0.29, 0.717) is 62.1 Å². The van der Waals surface area contributed by atoms with Crippen LogP contribution in [-0.4, -0.2) is 67.6 Å². The lowest BCUT2D eigenvalue weighted by molar-refractivity contribution is -0.117. The van der Waals surface area contributed by atoms with Crippen molar-refractivity contribution >= 4 is 17.5 Å². The highest BCUT2D eigenvalue weighted by atomic mass is 19.1. The normalized spacial score (nSPS) is 14.2. The van der Waals surface area contributed by atoms with Crippen LogP contribution in [0.5, 0.6) is 11.5 Å². The molecule has 1 aliphatic heterocycles. The number of rotatable bonds is 9. The predicted molar refractivity (Wildman–Crippen MR) is 121 cm³/mol. The molecule has 3 rings (SSSR count). The van der Waals surface area contributed by atoms with Gasteiger partial charge in [-0.25, -0.2) is 4.39 Å². The van der Waals surface area contributed by atoms with Crippen LogP contribution in [0.2, 0.25) is 0 Å². The monoisotopic (exact) mass is 443 g/mol. The fourth-order valence-electron chi connectivity index (χ4n) is 3.47. The summed E-state index contributed by atoms with van der Waals surface area (Å²) >= 11 is 0. The molecule has 0 aromatic heterocycles. The zero-order valence-electron chi connectivity index (χ0n) is 18.6. The van der Waals surface area contributed by atoms with Gasteiger partial charge in [0.15, 0.2) is 11.5 Å². The number of hydrogen-bond donors (Lipinski definition) is 1. The predicted octanol–water partition coefficient (Wildman–Crippen LogP) is 3.41. The first-order chi connectivity index (χ1) is 15.5. The molecule has 1 saturated heterocycles. The van der Waals surface area contributed by atoms with E-state index in [4.69, 9.17) is 9.47 Å². The first-order valence-corrected chi connectivity index (χ1v) is 11.0. The highest BCUT2D eigenvalue weighted by Gasteiger charge is 2.24. The van der Waals surface area contributed by atoms with Gasteiger partial charge in [-0.05, 0) is 55.8 Å². The number of amides is 2. The van der Waals surface area contributed by atoms with Crippen LogP contribution < -0.4 is 14.8 Å². The Labute approximate surface area is 188 Å². The van der Waals surface area contributed by atoms with Gasteiger partial charge in [0.05, 0.1) is 19.8 Å². The summed E-state index contributed by atoms with van der Waals surface area (Å²) in [5.41, 5.74) is 1.11. The van der Waals surface area contributed by atoms with Crippen molar-refractivity contribution in [3.63, 3.8) is 0 Å². The molecule has 2 aromatic carbocycles. The van der Waals surface area contributed by atoms with E-state index in [9.17, 15) is 14.0 Å². The third-order valence-electron chi connectivity index (χ3n) is 5.11. The van der Waals surface area contributed by atoms with E-state index in [0.717, 1.165) is 6.42 Å². The van der Waals surface area contributed by atoms with Crippen LogP contribution in [0.4, 0.5) is 10.1 Å². The number of anilines is 1. The second-order valence-electron chi connectivity index (χ2n) is 7.57. The molecular weight excluding hydrogens is 413 g/mol. The maximum absolute atomic E-state index is 13.0. The van der Waals surface area contributed by atoms with Gasteiger partial charge in [-0.3, -0.25) is 14.5 Å². The molecule has 1 heterocycles. The average Bonchev–Trinajstić information content (AvgIpc) is 2.80. The molecule has 172 valence electrons. The van der Waals surface area contributed by atoms with Gasteiger partial charge in [0.2, 0.25) is 5.91 Å². The fourth-order valence-corrected chi connectivity index (χ4v) is 3.47. The second kappa shape index (κ2) is 11.5. The van der Waals surface area contributed by atoms with Gasteiger partial charge in [0.1, 0.15) is 5.82 Å². The van der Waals surface area contributed by atoms with Crippen molar-refractivity contribution in [2.75, 3.05) is 51.3 Å². The van der Waals surface area contributed by atoms with Crippen molar-refractivity contribution in [2.24, 2.45) is 0 Å². The summed E-state index contributed by atoms with van der Waals surface area (Å²) < 4.78 is 24.3. The Balaban J connectivity index is 1.52. The first-order valence-electron chi connectivity index (χ1n) is 11.0. The van der Waals surface area contributed by atoms with E-state index < -0.39 is 0 Å². The van der Waals surface area contributed by atoms with E-state index in [-0.39, 0.29) is 24.2 Å². The van der Waals surface area contributed by atoms with Crippen LogP contribution in [0, 0.1) is 5.82 Å². The second-order valence-corrected chi connectivity index (χ2v) is 7.57. The summed E-state index contributed by atoms with van der Waals surface area (Å²) in [6, 6.07) is 10.9. The lowest BCUT2D eigenvalue weighted by atomic mass is 10.1. The molecule has 8 heteroatoms. The van der Waals surface area contributed by atoms with E-state index in [1.807, 2.05) is 18.7 Å². The lowest BCUT2D eigenvalue weighted by Gasteiger charge is -2.34. The third kappa shape index (κ3) is 6.43. The van der Waals surface area contributed by atoms with E-state index in [1.165, 1.54) is 24.3 Å². The van der Waals surface area contributed by atoms with E-state index in [2.05, 4.69) is 5.32 Å². The number of carbonyl (C=O) groups excluding carboxylic acids is 2. The average molecular weight is 444 g/mol. The SMILES string of the molecule is CCCOc1ccc(C(=O)N2CCN(CC(=O)Nc3ccc(F)cc3)CC2)cc1OCC. The van der Waals surface area contributed by atoms with Crippen molar-refractivity contribution in [1.29, 1.82) is 0 Å². The zero-order chi connectivity index (χ0) is 22.9. The molecule has 0 unspecified atom stereocenters. The van der Waals surface area contributed by atoms with Crippen LogP contribution in [0.3, 0.4) is 0 Å². The smallest absolute Gasteiger partial charge is 0.254 e. The maximum Gasteiger partial charge on any atom is 0.254 e. The van der Waals surface area contributed by atoms with Crippen molar-refractivity contribution in [2.45, 2.75) is 20.3 Å². The molecule has 0 bridgehead atoms. The highest BCUT2D eigenvalue weighted by Crippen LogP contribution is 2.29. The Morgan fingerprint density at radius 2 is 1.69 bits per heavy atom. The van der Waals surface area contributed by atoms with Gasteiger partial charge in [-0.15, -0.1) is 0 Å². The number of hydrogen-bond acceptors (Lipinski definition) is 5. The minimum atomic E-state index is -0.347. The molecule has 1 fully saturated rings. The molecule has 2 amide bonds. The Hall–Kier alpha value is -3.13. The number of nitrogens with one attached hydrogen (secondary N) is 1. The van der Waals surface area contributed by atoms with Crippen molar-refractivity contribution in [1.82, 2.24) is 9.80 Å². The van der Waals surface area contributed by atoms with Gasteiger partial charge < -0.3 is 19.7 Å². The molecule has 7 nitrogen and oxygen atoms in total. The van der Waals surface area contributed by atoms with Gasteiger partial charge >= 0.3 is 0 Å². The molecule has 1 N–H and O–H groups in total. The van der Waals surface area contributed by atoms with Crippen LogP contribution in [0.15, 0.2) is 42.5 Å². The summed E-state index contributed by atoms with van der Waals surface area (Å²) in [6.07, 6.45) is 0.887. The summed E-state index contributed by atoms with van der Waals surface area (Å²) in [5.74, 6) is 0.634. The molecular formula is C24H30FN3O4. The molecule has 32 heavy (non-hydrogen) atoms. The molecule has 0 saturated carbocycles. The number of benzene rings is 2. The number of piperazine rings is 1. The fraction of sp³-hybridized carbons (Fsp3) is 0.417. The quantitative estimate of drug-likeness (QED) is 0.643. The minimum Gasteiger partial charge on any atom is -0.490 e. The molecule has 1 aliphatic rings. The summed E-state index contributed by atoms with van der Waals surface area (Å²) in [7, 11) is 0. The minimum absolute atomic E-state index is 0.0663. The van der Waals surface area contributed by atoms with E-state index in [1.54, 1.807) is 23.1 Å². The number of ether oxygens (including phenoxy) is 2. The van der Waals surface area contributed by atoms with Gasteiger partial charge in [0, 0.05) is 37.4 Å². The van der Waals surface area contributed by atoms with Crippen molar-refractivity contribution < 1.29 is 23.5 Å². The van der Waals surface area contributed by atoms with Crippen LogP contribution in [-0.2, 0) is 4.79 Å². The largest absolute Gasteiger partial charge is 0.490 e. The number of nitrogens with zero attached hydrogens (tertiary/aromatic N) is 2. The Bertz CT molecular complexity index is 912.